The molecule has 2 N–H and O–H groups in total. The molecule has 1 fully saturated rings. The Kier molecular flexibility index (Phi) is 3.77. The highest BCUT2D eigenvalue weighted by atomic mass is 19.2. The minimum atomic E-state index is -2.12. The molecular weight excluding hydrogens is 305 g/mol. The predicted molar refractivity (Wildman–Crippen MR) is 80.5 cm³/mol. The van der Waals surface area contributed by atoms with E-state index in [0.717, 1.165) is 6.54 Å². The van der Waals surface area contributed by atoms with Crippen LogP contribution in [0.4, 0.5) is 15.9 Å². The first-order valence-electron chi connectivity index (χ1n) is 7.29. The number of piperazine rings is 1. The van der Waals surface area contributed by atoms with Gasteiger partial charge in [0.25, 0.3) is 0 Å². The van der Waals surface area contributed by atoms with Crippen LogP contribution in [0, 0.1) is 0 Å². The summed E-state index contributed by atoms with van der Waals surface area (Å²) in [5.74, 6) is -3.92. The molecule has 2 aliphatic heterocycles. The van der Waals surface area contributed by atoms with Crippen molar-refractivity contribution in [2.24, 2.45) is 0 Å². The lowest BCUT2D eigenvalue weighted by molar-refractivity contribution is -0.142. The molecule has 1 saturated heterocycles. The van der Waals surface area contributed by atoms with E-state index in [1.807, 2.05) is 11.8 Å². The van der Waals surface area contributed by atoms with Crippen LogP contribution in [-0.4, -0.2) is 54.4 Å². The number of benzene rings is 1. The maximum Gasteiger partial charge on any atom is 0.337 e. The van der Waals surface area contributed by atoms with E-state index >= 15 is 0 Å². The van der Waals surface area contributed by atoms with Gasteiger partial charge in [-0.05, 0) is 25.1 Å². The number of anilines is 2. The van der Waals surface area contributed by atoms with Gasteiger partial charge in [-0.1, -0.05) is 4.48 Å². The number of carboxylic acid groups (broad SMARTS) is 1. The van der Waals surface area contributed by atoms with Gasteiger partial charge in [-0.2, -0.15) is 5.12 Å². The summed E-state index contributed by atoms with van der Waals surface area (Å²) in [5.41, 5.74) is 0.402. The van der Waals surface area contributed by atoms with Gasteiger partial charge < -0.3 is 15.3 Å². The Morgan fingerprint density at radius 2 is 2.13 bits per heavy atom. The highest BCUT2D eigenvalue weighted by molar-refractivity contribution is 6.51. The number of nitrogens with one attached hydrogen (secondary N) is 1. The van der Waals surface area contributed by atoms with Gasteiger partial charge in [0.1, 0.15) is 0 Å². The van der Waals surface area contributed by atoms with Gasteiger partial charge in [-0.25, -0.2) is 4.79 Å². The van der Waals surface area contributed by atoms with Crippen LogP contribution in [0.5, 0.6) is 0 Å². The van der Waals surface area contributed by atoms with E-state index in [1.165, 1.54) is 12.1 Å². The molecular formula is C15H16FN3O4. The Labute approximate surface area is 131 Å². The molecule has 0 saturated carbocycles. The fourth-order valence-corrected chi connectivity index (χ4v) is 2.96. The van der Waals surface area contributed by atoms with Crippen LogP contribution in [0.2, 0.25) is 0 Å². The molecule has 2 unspecified atom stereocenters. The van der Waals surface area contributed by atoms with Crippen LogP contribution in [-0.2, 0) is 9.59 Å². The smallest absolute Gasteiger partial charge is 0.337 e. The fourth-order valence-electron chi connectivity index (χ4n) is 2.96. The molecule has 7 nitrogen and oxygen atoms in total. The first-order valence-corrected chi connectivity index (χ1v) is 7.29. The Morgan fingerprint density at radius 1 is 1.39 bits per heavy atom. The third-order valence-corrected chi connectivity index (χ3v) is 4.12. The summed E-state index contributed by atoms with van der Waals surface area (Å²) in [6.45, 7) is 4.21. The fraction of sp³-hybridized carbons (Fsp3) is 0.400. The monoisotopic (exact) mass is 321 g/mol. The largest absolute Gasteiger partial charge is 0.479 e. The molecule has 23 heavy (non-hydrogen) atoms. The summed E-state index contributed by atoms with van der Waals surface area (Å²) in [6.07, 6.45) is 0. The number of halogens is 1. The topological polar surface area (TPSA) is 90.0 Å². The average molecular weight is 321 g/mol. The standard InChI is InChI=1S/C15H16FN3O4/c1-8-7-18(5-4-17-8)9-2-3-10-11(6-9)19(16)12(15(22)23)14(21)13(10)20/h2-3,6,8,12,17H,4-5,7H2,1H3,(H,22,23). The van der Waals surface area contributed by atoms with E-state index in [9.17, 15) is 18.9 Å². The van der Waals surface area contributed by atoms with E-state index in [0.29, 0.717) is 18.8 Å². The molecule has 3 rings (SSSR count). The molecule has 0 radical (unpaired) electrons. The van der Waals surface area contributed by atoms with Gasteiger partial charge in [-0.3, -0.25) is 9.59 Å². The van der Waals surface area contributed by atoms with Crippen LogP contribution in [0.3, 0.4) is 0 Å². The number of ketones is 2. The van der Waals surface area contributed by atoms with Gasteiger partial charge in [-0.15, -0.1) is 0 Å². The number of fused-ring (bicyclic) bond motifs is 1. The van der Waals surface area contributed by atoms with Crippen LogP contribution < -0.4 is 15.3 Å². The van der Waals surface area contributed by atoms with Crippen molar-refractivity contribution in [3.8, 4) is 0 Å². The van der Waals surface area contributed by atoms with Crippen molar-refractivity contribution < 1.29 is 24.0 Å². The number of hydrogen-bond donors (Lipinski definition) is 2. The summed E-state index contributed by atoms with van der Waals surface area (Å²) >= 11 is 0. The maximum absolute atomic E-state index is 14.4. The third kappa shape index (κ3) is 2.55. The second-order valence-electron chi connectivity index (χ2n) is 5.75. The Bertz CT molecular complexity index is 693. The van der Waals surface area contributed by atoms with Crippen LogP contribution in [0.1, 0.15) is 17.3 Å². The lowest BCUT2D eigenvalue weighted by atomic mass is 9.94. The summed E-state index contributed by atoms with van der Waals surface area (Å²) in [7, 11) is 0. The molecule has 0 amide bonds. The van der Waals surface area contributed by atoms with Crippen molar-refractivity contribution in [3.63, 3.8) is 0 Å². The zero-order valence-electron chi connectivity index (χ0n) is 12.5. The van der Waals surface area contributed by atoms with Crippen molar-refractivity contribution in [1.29, 1.82) is 0 Å². The van der Waals surface area contributed by atoms with Gasteiger partial charge in [0.2, 0.25) is 17.6 Å². The number of hydrogen-bond acceptors (Lipinski definition) is 6. The summed E-state index contributed by atoms with van der Waals surface area (Å²) in [6, 6.07) is 2.59. The highest BCUT2D eigenvalue weighted by Crippen LogP contribution is 2.33. The minimum Gasteiger partial charge on any atom is -0.479 e. The zero-order chi connectivity index (χ0) is 16.7. The lowest BCUT2D eigenvalue weighted by Gasteiger charge is -2.35. The van der Waals surface area contributed by atoms with Crippen LogP contribution >= 0.6 is 0 Å². The van der Waals surface area contributed by atoms with Gasteiger partial charge in [0, 0.05) is 31.4 Å². The molecule has 8 heteroatoms. The maximum atomic E-state index is 14.4. The van der Waals surface area contributed by atoms with Gasteiger partial charge in [0.05, 0.1) is 11.3 Å². The number of aliphatic carboxylic acids is 1. The van der Waals surface area contributed by atoms with Crippen LogP contribution in [0.25, 0.3) is 0 Å². The van der Waals surface area contributed by atoms with E-state index in [4.69, 9.17) is 5.11 Å². The highest BCUT2D eigenvalue weighted by Gasteiger charge is 2.44. The van der Waals surface area contributed by atoms with Gasteiger partial charge >= 0.3 is 5.97 Å². The second-order valence-corrected chi connectivity index (χ2v) is 5.75. The lowest BCUT2D eigenvalue weighted by Crippen LogP contribution is -2.50. The molecule has 122 valence electrons. The van der Waals surface area contributed by atoms with Crippen molar-refractivity contribution in [3.05, 3.63) is 23.8 Å². The quantitative estimate of drug-likeness (QED) is 0.463. The molecule has 2 heterocycles. The normalized spacial score (nSPS) is 24.6. The number of rotatable bonds is 2. The first kappa shape index (κ1) is 15.4. The average Bonchev–Trinajstić information content (AvgIpc) is 2.52. The summed E-state index contributed by atoms with van der Waals surface area (Å²) in [5, 5.41) is 12.2. The molecule has 2 aliphatic rings. The molecule has 0 aliphatic carbocycles. The molecule has 0 aromatic heterocycles. The molecule has 1 aromatic rings. The zero-order valence-corrected chi connectivity index (χ0v) is 12.5. The number of carboxylic acids is 1. The Balaban J connectivity index is 2.00. The second kappa shape index (κ2) is 5.62. The van der Waals surface area contributed by atoms with E-state index in [2.05, 4.69) is 5.32 Å². The SMILES string of the molecule is CC1CN(c2ccc3c(c2)N(F)C(C(=O)O)C(=O)C3=O)CCN1. The van der Waals surface area contributed by atoms with Gasteiger partial charge in [0.15, 0.2) is 0 Å². The van der Waals surface area contributed by atoms with E-state index in [1.54, 1.807) is 6.07 Å². The molecule has 1 aromatic carbocycles. The van der Waals surface area contributed by atoms with Crippen molar-refractivity contribution in [2.75, 3.05) is 29.7 Å². The number of nitrogens with zero attached hydrogens (tertiary/aromatic N) is 2. The van der Waals surface area contributed by atoms with Crippen molar-refractivity contribution in [1.82, 2.24) is 5.32 Å². The predicted octanol–water partition coefficient (Wildman–Crippen LogP) is 0.394. The third-order valence-electron chi connectivity index (χ3n) is 4.12. The van der Waals surface area contributed by atoms with Crippen molar-refractivity contribution in [2.45, 2.75) is 19.0 Å². The number of Topliss-reactive ketones (excluding diaryl/α,β-unsaturated/α-hetero) is 2. The van der Waals surface area contributed by atoms with Crippen LogP contribution in [0.15, 0.2) is 18.2 Å². The van der Waals surface area contributed by atoms with Crippen molar-refractivity contribution >= 4 is 28.9 Å². The number of carbonyl (C=O) groups is 3. The molecule has 0 spiro atoms. The minimum absolute atomic E-state index is 0.109. The Morgan fingerprint density at radius 3 is 2.78 bits per heavy atom. The number of carbonyl (C=O) groups excluding carboxylic acids is 2. The van der Waals surface area contributed by atoms with E-state index < -0.39 is 23.6 Å². The van der Waals surface area contributed by atoms with E-state index in [-0.39, 0.29) is 22.4 Å². The Hall–Kier alpha value is -2.48. The first-order chi connectivity index (χ1) is 10.9. The summed E-state index contributed by atoms with van der Waals surface area (Å²) < 4.78 is 14.4. The molecule has 2 atom stereocenters. The molecule has 0 bridgehead atoms. The summed E-state index contributed by atoms with van der Waals surface area (Å²) in [4.78, 5) is 36.8.